The summed E-state index contributed by atoms with van der Waals surface area (Å²) in [4.78, 5) is 30.3. The number of hydrogen-bond acceptors (Lipinski definition) is 5. The first-order valence-electron chi connectivity index (χ1n) is 10.6. The van der Waals surface area contributed by atoms with Crippen LogP contribution in [0.4, 0.5) is 0 Å². The fourth-order valence-corrected chi connectivity index (χ4v) is 6.47. The third kappa shape index (κ3) is 5.16. The number of piperazine rings is 1. The first kappa shape index (κ1) is 22.0. The Labute approximate surface area is 187 Å². The SMILES string of the molecule is O=C(C1CCCN1C(=O)Cc1cccs1)N1CCN(S(=O)(=O)Cc2ccccc2)CC1. The van der Waals surface area contributed by atoms with E-state index in [1.54, 1.807) is 33.3 Å². The number of carbonyl (C=O) groups excluding carboxylic acids is 2. The molecular weight excluding hydrogens is 434 g/mol. The Morgan fingerprint density at radius 3 is 2.39 bits per heavy atom. The van der Waals surface area contributed by atoms with Gasteiger partial charge < -0.3 is 9.80 Å². The van der Waals surface area contributed by atoms with Crippen LogP contribution in [-0.4, -0.2) is 73.1 Å². The van der Waals surface area contributed by atoms with E-state index in [2.05, 4.69) is 0 Å². The normalized spacial score (nSPS) is 20.2. The summed E-state index contributed by atoms with van der Waals surface area (Å²) in [5.41, 5.74) is 0.756. The molecule has 0 spiro atoms. The summed E-state index contributed by atoms with van der Waals surface area (Å²) in [5, 5.41) is 1.94. The van der Waals surface area contributed by atoms with Crippen molar-refractivity contribution in [1.82, 2.24) is 14.1 Å². The molecule has 0 aliphatic carbocycles. The van der Waals surface area contributed by atoms with Gasteiger partial charge in [-0.25, -0.2) is 8.42 Å². The van der Waals surface area contributed by atoms with Crippen LogP contribution >= 0.6 is 11.3 Å². The summed E-state index contributed by atoms with van der Waals surface area (Å²) in [5.74, 6) is -0.102. The van der Waals surface area contributed by atoms with Crippen molar-refractivity contribution in [2.24, 2.45) is 0 Å². The maximum atomic E-state index is 13.1. The molecule has 166 valence electrons. The molecule has 2 aliphatic heterocycles. The number of amides is 2. The number of likely N-dealkylation sites (tertiary alicyclic amines) is 1. The Kier molecular flexibility index (Phi) is 6.74. The average Bonchev–Trinajstić information content (AvgIpc) is 3.46. The van der Waals surface area contributed by atoms with Crippen LogP contribution in [-0.2, 0) is 31.8 Å². The number of thiophene rings is 1. The molecule has 2 aromatic rings. The molecule has 1 atom stereocenters. The fourth-order valence-electron chi connectivity index (χ4n) is 4.26. The lowest BCUT2D eigenvalue weighted by atomic mass is 10.1. The summed E-state index contributed by atoms with van der Waals surface area (Å²) >= 11 is 1.55. The summed E-state index contributed by atoms with van der Waals surface area (Å²) in [6, 6.07) is 12.6. The Hall–Kier alpha value is -2.23. The summed E-state index contributed by atoms with van der Waals surface area (Å²) in [6.45, 7) is 1.90. The van der Waals surface area contributed by atoms with Gasteiger partial charge in [-0.2, -0.15) is 4.31 Å². The van der Waals surface area contributed by atoms with Gasteiger partial charge in [-0.15, -0.1) is 11.3 Å². The molecule has 4 rings (SSSR count). The molecule has 9 heteroatoms. The van der Waals surface area contributed by atoms with Gasteiger partial charge in [0.25, 0.3) is 0 Å². The third-order valence-electron chi connectivity index (χ3n) is 5.90. The standard InChI is InChI=1S/C22H27N3O4S2/c26-21(16-19-8-5-15-30-19)25-10-4-9-20(25)22(27)23-11-13-24(14-12-23)31(28,29)17-18-6-2-1-3-7-18/h1-3,5-8,15,20H,4,9-14,16-17H2. The Morgan fingerprint density at radius 2 is 1.71 bits per heavy atom. The number of hydrogen-bond donors (Lipinski definition) is 0. The highest BCUT2D eigenvalue weighted by Crippen LogP contribution is 2.23. The topological polar surface area (TPSA) is 78.0 Å². The van der Waals surface area contributed by atoms with E-state index in [9.17, 15) is 18.0 Å². The minimum Gasteiger partial charge on any atom is -0.338 e. The molecule has 0 saturated carbocycles. The molecule has 2 saturated heterocycles. The third-order valence-corrected chi connectivity index (χ3v) is 8.63. The van der Waals surface area contributed by atoms with Crippen molar-refractivity contribution in [2.75, 3.05) is 32.7 Å². The van der Waals surface area contributed by atoms with E-state index < -0.39 is 16.1 Å². The lowest BCUT2D eigenvalue weighted by Gasteiger charge is -2.36. The maximum absolute atomic E-state index is 13.1. The number of benzene rings is 1. The minimum atomic E-state index is -3.43. The van der Waals surface area contributed by atoms with E-state index in [0.717, 1.165) is 16.9 Å². The Balaban J connectivity index is 1.33. The van der Waals surface area contributed by atoms with E-state index in [1.807, 2.05) is 35.7 Å². The second-order valence-corrected chi connectivity index (χ2v) is 11.0. The lowest BCUT2D eigenvalue weighted by Crippen LogP contribution is -2.55. The minimum absolute atomic E-state index is 0.0117. The first-order chi connectivity index (χ1) is 14.9. The van der Waals surface area contributed by atoms with E-state index in [0.29, 0.717) is 32.5 Å². The molecule has 1 unspecified atom stereocenters. The summed E-state index contributed by atoms with van der Waals surface area (Å²) < 4.78 is 27.0. The van der Waals surface area contributed by atoms with Crippen molar-refractivity contribution in [1.29, 1.82) is 0 Å². The molecule has 7 nitrogen and oxygen atoms in total. The van der Waals surface area contributed by atoms with Crippen LogP contribution in [0.15, 0.2) is 47.8 Å². The molecule has 1 aromatic carbocycles. The van der Waals surface area contributed by atoms with Crippen molar-refractivity contribution in [3.05, 3.63) is 58.3 Å². The number of carbonyl (C=O) groups is 2. The van der Waals surface area contributed by atoms with Crippen molar-refractivity contribution in [2.45, 2.75) is 31.1 Å². The van der Waals surface area contributed by atoms with Crippen LogP contribution in [0.3, 0.4) is 0 Å². The highest BCUT2D eigenvalue weighted by molar-refractivity contribution is 7.88. The molecule has 2 amide bonds. The molecule has 1 aromatic heterocycles. The van der Waals surface area contributed by atoms with Gasteiger partial charge >= 0.3 is 0 Å². The van der Waals surface area contributed by atoms with Gasteiger partial charge in [-0.05, 0) is 29.9 Å². The van der Waals surface area contributed by atoms with Crippen LogP contribution < -0.4 is 0 Å². The zero-order chi connectivity index (χ0) is 21.8. The van der Waals surface area contributed by atoms with E-state index in [1.165, 1.54) is 4.31 Å². The predicted octanol–water partition coefficient (Wildman–Crippen LogP) is 1.96. The van der Waals surface area contributed by atoms with Gasteiger partial charge in [0.15, 0.2) is 0 Å². The Bertz CT molecular complexity index is 1000. The van der Waals surface area contributed by atoms with Crippen LogP contribution in [0.5, 0.6) is 0 Å². The molecular formula is C22H27N3O4S2. The number of sulfonamides is 1. The molecule has 31 heavy (non-hydrogen) atoms. The van der Waals surface area contributed by atoms with E-state index >= 15 is 0 Å². The van der Waals surface area contributed by atoms with Crippen LogP contribution in [0.2, 0.25) is 0 Å². The van der Waals surface area contributed by atoms with Crippen LogP contribution in [0, 0.1) is 0 Å². The molecule has 2 aliphatic rings. The van der Waals surface area contributed by atoms with Crippen molar-refractivity contribution in [3.63, 3.8) is 0 Å². The second-order valence-electron chi connectivity index (χ2n) is 7.97. The van der Waals surface area contributed by atoms with Gasteiger partial charge in [0.05, 0.1) is 12.2 Å². The van der Waals surface area contributed by atoms with E-state index in [4.69, 9.17) is 0 Å². The largest absolute Gasteiger partial charge is 0.338 e. The highest BCUT2D eigenvalue weighted by Gasteiger charge is 2.38. The monoisotopic (exact) mass is 461 g/mol. The van der Waals surface area contributed by atoms with Gasteiger partial charge in [0.2, 0.25) is 21.8 Å². The summed E-state index contributed by atoms with van der Waals surface area (Å²) in [6.07, 6.45) is 1.81. The van der Waals surface area contributed by atoms with Crippen LogP contribution in [0.1, 0.15) is 23.3 Å². The fraction of sp³-hybridized carbons (Fsp3) is 0.455. The molecule has 0 N–H and O–H groups in total. The average molecular weight is 462 g/mol. The Morgan fingerprint density at radius 1 is 0.968 bits per heavy atom. The maximum Gasteiger partial charge on any atom is 0.245 e. The van der Waals surface area contributed by atoms with Crippen molar-refractivity contribution < 1.29 is 18.0 Å². The van der Waals surface area contributed by atoms with Gasteiger partial charge in [-0.1, -0.05) is 36.4 Å². The molecule has 2 fully saturated rings. The van der Waals surface area contributed by atoms with Gasteiger partial charge in [0, 0.05) is 37.6 Å². The smallest absolute Gasteiger partial charge is 0.245 e. The highest BCUT2D eigenvalue weighted by atomic mass is 32.2. The molecule has 0 bridgehead atoms. The van der Waals surface area contributed by atoms with Crippen molar-refractivity contribution >= 4 is 33.2 Å². The van der Waals surface area contributed by atoms with Gasteiger partial charge in [-0.3, -0.25) is 9.59 Å². The van der Waals surface area contributed by atoms with Crippen molar-refractivity contribution in [3.8, 4) is 0 Å². The molecule has 0 radical (unpaired) electrons. The number of rotatable bonds is 6. The first-order valence-corrected chi connectivity index (χ1v) is 13.1. The summed E-state index contributed by atoms with van der Waals surface area (Å²) in [7, 11) is -3.43. The van der Waals surface area contributed by atoms with E-state index in [-0.39, 0.29) is 30.7 Å². The zero-order valence-electron chi connectivity index (χ0n) is 17.4. The van der Waals surface area contributed by atoms with Crippen LogP contribution in [0.25, 0.3) is 0 Å². The lowest BCUT2D eigenvalue weighted by molar-refractivity contribution is -0.144. The number of nitrogens with zero attached hydrogens (tertiary/aromatic N) is 3. The quantitative estimate of drug-likeness (QED) is 0.659. The zero-order valence-corrected chi connectivity index (χ0v) is 19.0. The molecule has 3 heterocycles. The predicted molar refractivity (Wildman–Crippen MR) is 120 cm³/mol. The van der Waals surface area contributed by atoms with Gasteiger partial charge in [0.1, 0.15) is 6.04 Å². The second kappa shape index (κ2) is 9.50.